The number of allylic oxidation sites excluding steroid dienone is 1. The Bertz CT molecular complexity index is 180. The van der Waals surface area contributed by atoms with Crippen LogP contribution in [-0.4, -0.2) is 0 Å². The summed E-state index contributed by atoms with van der Waals surface area (Å²) in [6.07, 6.45) is 1.56. The van der Waals surface area contributed by atoms with E-state index in [2.05, 4.69) is 30.8 Å². The van der Waals surface area contributed by atoms with Gasteiger partial charge in [-0.25, -0.2) is 0 Å². The average molecular weight is 139 g/mol. The highest BCUT2D eigenvalue weighted by Crippen LogP contribution is 2.23. The van der Waals surface area contributed by atoms with Crippen molar-refractivity contribution < 1.29 is 0 Å². The number of hydrogen-bond donors (Lipinski definition) is 0. The van der Waals surface area contributed by atoms with E-state index in [9.17, 15) is 0 Å². The summed E-state index contributed by atoms with van der Waals surface area (Å²) in [6, 6.07) is 0. The van der Waals surface area contributed by atoms with Crippen LogP contribution >= 0.6 is 0 Å². The fourth-order valence-corrected chi connectivity index (χ4v) is 0.306. The lowest BCUT2D eigenvalue weighted by Crippen LogP contribution is -2.05. The van der Waals surface area contributed by atoms with Gasteiger partial charge in [0.1, 0.15) is 0 Å². The Kier molecular flexibility index (Phi) is 2.97. The van der Waals surface area contributed by atoms with Gasteiger partial charge in [0.25, 0.3) is 0 Å². The third-order valence-corrected chi connectivity index (χ3v) is 1.49. The third kappa shape index (κ3) is 3.15. The van der Waals surface area contributed by atoms with Crippen LogP contribution in [0.2, 0.25) is 0 Å². The van der Waals surface area contributed by atoms with Gasteiger partial charge in [-0.05, 0) is 17.9 Å². The van der Waals surface area contributed by atoms with Crippen molar-refractivity contribution in [1.29, 1.82) is 0 Å². The normalized spacial score (nSPS) is 12.6. The Hall–Kier alpha value is -0.950. The summed E-state index contributed by atoms with van der Waals surface area (Å²) in [4.78, 5) is 2.64. The molecule has 0 N–H and O–H groups in total. The maximum absolute atomic E-state index is 7.99. The molecule has 10 heavy (non-hydrogen) atoms. The lowest BCUT2D eigenvalue weighted by Gasteiger charge is -2.18. The molecule has 3 heteroatoms. The maximum atomic E-state index is 7.99. The van der Waals surface area contributed by atoms with Crippen molar-refractivity contribution in [3.63, 3.8) is 0 Å². The molecule has 0 amide bonds. The standard InChI is InChI=1S/C7H13N3/c1-6(5-9-10-8)7(2,3)4/h5H,1-4H3. The summed E-state index contributed by atoms with van der Waals surface area (Å²) in [5.74, 6) is 0. The van der Waals surface area contributed by atoms with Crippen LogP contribution in [0.15, 0.2) is 16.9 Å². The zero-order valence-electron chi connectivity index (χ0n) is 6.92. The Morgan fingerprint density at radius 1 is 1.50 bits per heavy atom. The van der Waals surface area contributed by atoms with Gasteiger partial charge in [0.15, 0.2) is 0 Å². The number of nitrogens with zero attached hydrogens (tertiary/aromatic N) is 3. The van der Waals surface area contributed by atoms with Crippen molar-refractivity contribution in [2.75, 3.05) is 0 Å². The van der Waals surface area contributed by atoms with Crippen molar-refractivity contribution in [2.45, 2.75) is 27.7 Å². The van der Waals surface area contributed by atoms with E-state index in [-0.39, 0.29) is 5.41 Å². The van der Waals surface area contributed by atoms with Crippen LogP contribution < -0.4 is 0 Å². The first kappa shape index (κ1) is 9.05. The first-order valence-electron chi connectivity index (χ1n) is 3.20. The monoisotopic (exact) mass is 139 g/mol. The minimum Gasteiger partial charge on any atom is -0.0686 e. The molecule has 0 fully saturated rings. The lowest BCUT2D eigenvalue weighted by atomic mass is 9.88. The Morgan fingerprint density at radius 2 is 2.00 bits per heavy atom. The Morgan fingerprint density at radius 3 is 2.30 bits per heavy atom. The van der Waals surface area contributed by atoms with Gasteiger partial charge >= 0.3 is 0 Å². The van der Waals surface area contributed by atoms with E-state index in [1.807, 2.05) is 6.92 Å². The summed E-state index contributed by atoms with van der Waals surface area (Å²) in [5, 5.41) is 3.36. The Labute approximate surface area is 61.4 Å². The minimum atomic E-state index is 0.105. The van der Waals surface area contributed by atoms with Crippen molar-refractivity contribution in [3.8, 4) is 0 Å². The molecule has 0 aromatic carbocycles. The zero-order valence-corrected chi connectivity index (χ0v) is 6.92. The van der Waals surface area contributed by atoms with E-state index in [4.69, 9.17) is 5.53 Å². The van der Waals surface area contributed by atoms with Gasteiger partial charge in [0.05, 0.1) is 0 Å². The Balaban J connectivity index is 4.34. The smallest absolute Gasteiger partial charge is 0.00475 e. The van der Waals surface area contributed by atoms with Crippen molar-refractivity contribution in [1.82, 2.24) is 0 Å². The summed E-state index contributed by atoms with van der Waals surface area (Å²) in [6.45, 7) is 8.18. The van der Waals surface area contributed by atoms with Crippen LogP contribution in [0.1, 0.15) is 27.7 Å². The molecule has 0 unspecified atom stereocenters. The van der Waals surface area contributed by atoms with Gasteiger partial charge in [0.2, 0.25) is 0 Å². The second-order valence-corrected chi connectivity index (χ2v) is 3.27. The van der Waals surface area contributed by atoms with Crippen LogP contribution in [0.25, 0.3) is 10.4 Å². The first-order chi connectivity index (χ1) is 4.48. The third-order valence-electron chi connectivity index (χ3n) is 1.49. The van der Waals surface area contributed by atoms with Crippen LogP contribution in [0.4, 0.5) is 0 Å². The summed E-state index contributed by atoms with van der Waals surface area (Å²) in [5.41, 5.74) is 9.19. The van der Waals surface area contributed by atoms with Gasteiger partial charge in [-0.1, -0.05) is 31.5 Å². The molecule has 0 atom stereocenters. The maximum Gasteiger partial charge on any atom is 0.00475 e. The molecule has 0 aromatic heterocycles. The van der Waals surface area contributed by atoms with Crippen molar-refractivity contribution in [2.24, 2.45) is 10.5 Å². The zero-order chi connectivity index (χ0) is 8.20. The molecule has 0 saturated heterocycles. The highest BCUT2D eigenvalue weighted by Gasteiger charge is 2.10. The van der Waals surface area contributed by atoms with Crippen molar-refractivity contribution in [3.05, 3.63) is 22.2 Å². The SMILES string of the molecule is CC(=CN=[N+]=[N-])C(C)(C)C. The molecular weight excluding hydrogens is 126 g/mol. The molecule has 0 radical (unpaired) electrons. The van der Waals surface area contributed by atoms with E-state index in [1.54, 1.807) is 6.20 Å². The molecule has 0 aliphatic rings. The lowest BCUT2D eigenvalue weighted by molar-refractivity contribution is 0.502. The summed E-state index contributed by atoms with van der Waals surface area (Å²) >= 11 is 0. The highest BCUT2D eigenvalue weighted by molar-refractivity contribution is 5.06. The number of hydrogen-bond acceptors (Lipinski definition) is 1. The van der Waals surface area contributed by atoms with Crippen LogP contribution in [-0.2, 0) is 0 Å². The van der Waals surface area contributed by atoms with E-state index in [0.29, 0.717) is 0 Å². The quantitative estimate of drug-likeness (QED) is 0.304. The first-order valence-corrected chi connectivity index (χ1v) is 3.20. The molecule has 0 saturated carbocycles. The fraction of sp³-hybridized carbons (Fsp3) is 0.714. The number of rotatable bonds is 1. The molecule has 3 nitrogen and oxygen atoms in total. The molecule has 56 valence electrons. The molecule has 0 heterocycles. The van der Waals surface area contributed by atoms with Crippen molar-refractivity contribution >= 4 is 0 Å². The average Bonchev–Trinajstić information content (AvgIpc) is 1.80. The van der Waals surface area contributed by atoms with Gasteiger partial charge in [-0.3, -0.25) is 0 Å². The predicted octanol–water partition coefficient (Wildman–Crippen LogP) is 3.25. The highest BCUT2D eigenvalue weighted by atomic mass is 15.1. The molecule has 0 rings (SSSR count). The van der Waals surface area contributed by atoms with Crippen LogP contribution in [0, 0.1) is 5.41 Å². The van der Waals surface area contributed by atoms with Gasteiger partial charge in [-0.2, -0.15) is 0 Å². The summed E-state index contributed by atoms with van der Waals surface area (Å²) in [7, 11) is 0. The van der Waals surface area contributed by atoms with Gasteiger partial charge in [0, 0.05) is 11.1 Å². The predicted molar refractivity (Wildman–Crippen MR) is 42.4 cm³/mol. The topological polar surface area (TPSA) is 48.8 Å². The minimum absolute atomic E-state index is 0.105. The van der Waals surface area contributed by atoms with Crippen LogP contribution in [0.5, 0.6) is 0 Å². The fourth-order valence-electron chi connectivity index (χ4n) is 0.306. The van der Waals surface area contributed by atoms with E-state index in [1.165, 1.54) is 0 Å². The largest absolute Gasteiger partial charge is 0.0686 e. The molecule has 0 aromatic rings. The van der Waals surface area contributed by atoms with Gasteiger partial charge in [-0.15, -0.1) is 0 Å². The van der Waals surface area contributed by atoms with Crippen LogP contribution in [0.3, 0.4) is 0 Å². The van der Waals surface area contributed by atoms with E-state index in [0.717, 1.165) is 5.57 Å². The summed E-state index contributed by atoms with van der Waals surface area (Å²) < 4.78 is 0. The molecule has 0 aliphatic carbocycles. The molecular formula is C7H13N3. The second-order valence-electron chi connectivity index (χ2n) is 3.27. The van der Waals surface area contributed by atoms with E-state index >= 15 is 0 Å². The second kappa shape index (κ2) is 3.28. The molecule has 0 spiro atoms. The molecule has 0 bridgehead atoms. The number of azide groups is 1. The molecule has 0 aliphatic heterocycles. The van der Waals surface area contributed by atoms with Gasteiger partial charge < -0.3 is 0 Å². The van der Waals surface area contributed by atoms with E-state index < -0.39 is 0 Å².